The van der Waals surface area contributed by atoms with Crippen LogP contribution < -0.4 is 33.2 Å². The van der Waals surface area contributed by atoms with Gasteiger partial charge < -0.3 is 38.3 Å². The molecule has 0 fully saturated rings. The van der Waals surface area contributed by atoms with Crippen molar-refractivity contribution in [2.75, 3.05) is 6.54 Å². The molecule has 5 amide bonds. The van der Waals surface area contributed by atoms with Crippen molar-refractivity contribution in [3.63, 3.8) is 0 Å². The van der Waals surface area contributed by atoms with Gasteiger partial charge in [0.2, 0.25) is 29.5 Å². The summed E-state index contributed by atoms with van der Waals surface area (Å²) in [4.78, 5) is 69.1. The Morgan fingerprint density at radius 1 is 0.931 bits per heavy atom. The van der Waals surface area contributed by atoms with Crippen molar-refractivity contribution in [3.05, 3.63) is 0 Å². The molecule has 0 bridgehead atoms. The number of aliphatic carboxylic acids is 1. The van der Waals surface area contributed by atoms with Crippen LogP contribution in [0.1, 0.15) is 33.1 Å². The predicted molar refractivity (Wildman–Crippen MR) is 99.6 cm³/mol. The summed E-state index contributed by atoms with van der Waals surface area (Å²) in [5.41, 5.74) is 15.3. The zero-order valence-electron chi connectivity index (χ0n) is 16.3. The molecule has 4 atom stereocenters. The predicted octanol–water partition coefficient (Wildman–Crippen LogP) is -3.72. The molecule has 164 valence electrons. The lowest BCUT2D eigenvalue weighted by Gasteiger charge is -2.25. The SMILES string of the molecule is CCC(C)C(NC(=O)CNC(=O)C(N)CC(N)=O)C(=O)NC(CC(N)=O)C(=O)O. The molecule has 0 aliphatic carbocycles. The Kier molecular flexibility index (Phi) is 10.9. The van der Waals surface area contributed by atoms with Crippen LogP contribution in [0.2, 0.25) is 0 Å². The number of amides is 5. The number of hydrogen-bond acceptors (Lipinski definition) is 7. The van der Waals surface area contributed by atoms with E-state index in [-0.39, 0.29) is 0 Å². The Morgan fingerprint density at radius 2 is 1.48 bits per heavy atom. The fourth-order valence-corrected chi connectivity index (χ4v) is 2.20. The van der Waals surface area contributed by atoms with Crippen LogP contribution in [0.5, 0.6) is 0 Å². The van der Waals surface area contributed by atoms with E-state index in [2.05, 4.69) is 16.0 Å². The van der Waals surface area contributed by atoms with Crippen LogP contribution in [-0.4, -0.2) is 65.3 Å². The lowest BCUT2D eigenvalue weighted by molar-refractivity contribution is -0.144. The highest BCUT2D eigenvalue weighted by Gasteiger charge is 2.30. The lowest BCUT2D eigenvalue weighted by Crippen LogP contribution is -2.56. The molecule has 0 saturated carbocycles. The third-order valence-corrected chi connectivity index (χ3v) is 4.01. The van der Waals surface area contributed by atoms with E-state index in [0.717, 1.165) is 0 Å². The van der Waals surface area contributed by atoms with Gasteiger partial charge in [-0.1, -0.05) is 20.3 Å². The molecule has 0 rings (SSSR count). The highest BCUT2D eigenvalue weighted by Crippen LogP contribution is 2.09. The van der Waals surface area contributed by atoms with Gasteiger partial charge in [-0.25, -0.2) is 4.79 Å². The van der Waals surface area contributed by atoms with Gasteiger partial charge in [0.05, 0.1) is 25.4 Å². The molecule has 0 saturated heterocycles. The molecule has 0 heterocycles. The van der Waals surface area contributed by atoms with Crippen LogP contribution >= 0.6 is 0 Å². The molecule has 0 aliphatic heterocycles. The molecule has 13 nitrogen and oxygen atoms in total. The van der Waals surface area contributed by atoms with Crippen LogP contribution in [0.3, 0.4) is 0 Å². The van der Waals surface area contributed by atoms with Gasteiger partial charge in [0, 0.05) is 0 Å². The Hall–Kier alpha value is -3.22. The fraction of sp³-hybridized carbons (Fsp3) is 0.625. The number of nitrogens with two attached hydrogens (primary N) is 3. The van der Waals surface area contributed by atoms with Crippen molar-refractivity contribution in [2.45, 2.75) is 51.2 Å². The first-order chi connectivity index (χ1) is 13.4. The van der Waals surface area contributed by atoms with E-state index in [4.69, 9.17) is 22.3 Å². The zero-order valence-corrected chi connectivity index (χ0v) is 16.3. The summed E-state index contributed by atoms with van der Waals surface area (Å²) in [6.45, 7) is 2.87. The van der Waals surface area contributed by atoms with Gasteiger partial charge >= 0.3 is 5.97 Å². The van der Waals surface area contributed by atoms with Crippen LogP contribution in [0.4, 0.5) is 0 Å². The highest BCUT2D eigenvalue weighted by atomic mass is 16.4. The van der Waals surface area contributed by atoms with Gasteiger partial charge in [0.1, 0.15) is 12.1 Å². The minimum absolute atomic E-state index is 0.394. The molecule has 13 heteroatoms. The number of carboxylic acids is 1. The van der Waals surface area contributed by atoms with Gasteiger partial charge in [0.25, 0.3) is 0 Å². The van der Waals surface area contributed by atoms with Crippen molar-refractivity contribution in [2.24, 2.45) is 23.1 Å². The molecule has 0 aromatic rings. The zero-order chi connectivity index (χ0) is 22.7. The molecule has 0 aromatic carbocycles. The average molecular weight is 416 g/mol. The van der Waals surface area contributed by atoms with Gasteiger partial charge in [-0.3, -0.25) is 24.0 Å². The van der Waals surface area contributed by atoms with Gasteiger partial charge in [-0.05, 0) is 5.92 Å². The number of carboxylic acid groups (broad SMARTS) is 1. The quantitative estimate of drug-likeness (QED) is 0.157. The first kappa shape index (κ1) is 25.8. The van der Waals surface area contributed by atoms with Gasteiger partial charge in [0.15, 0.2) is 0 Å². The second kappa shape index (κ2) is 12.3. The molecule has 29 heavy (non-hydrogen) atoms. The number of rotatable bonds is 13. The van der Waals surface area contributed by atoms with E-state index in [9.17, 15) is 28.8 Å². The number of primary amides is 2. The fourth-order valence-electron chi connectivity index (χ4n) is 2.20. The second-order valence-electron chi connectivity index (χ2n) is 6.50. The summed E-state index contributed by atoms with van der Waals surface area (Å²) in [5.74, 6) is -5.90. The normalized spacial score (nSPS) is 14.6. The topological polar surface area (TPSA) is 237 Å². The minimum Gasteiger partial charge on any atom is -0.480 e. The van der Waals surface area contributed by atoms with Crippen LogP contribution in [0, 0.1) is 5.92 Å². The van der Waals surface area contributed by atoms with E-state index in [1.807, 2.05) is 0 Å². The summed E-state index contributed by atoms with van der Waals surface area (Å²) in [6.07, 6.45) is -0.556. The van der Waals surface area contributed by atoms with Crippen molar-refractivity contribution in [3.8, 4) is 0 Å². The maximum atomic E-state index is 12.4. The van der Waals surface area contributed by atoms with Crippen LogP contribution in [0.15, 0.2) is 0 Å². The van der Waals surface area contributed by atoms with E-state index in [1.54, 1.807) is 13.8 Å². The van der Waals surface area contributed by atoms with E-state index >= 15 is 0 Å². The first-order valence-electron chi connectivity index (χ1n) is 8.81. The van der Waals surface area contributed by atoms with E-state index < -0.39 is 78.9 Å². The molecule has 0 radical (unpaired) electrons. The van der Waals surface area contributed by atoms with E-state index in [1.165, 1.54) is 0 Å². The Labute approximate surface area is 167 Å². The average Bonchev–Trinajstić information content (AvgIpc) is 2.61. The molecule has 4 unspecified atom stereocenters. The maximum absolute atomic E-state index is 12.4. The molecule has 0 spiro atoms. The standard InChI is InChI=1S/C16H28N6O7/c1-3-7(2)13(15(27)21-9(16(28)29)5-11(19)24)22-12(25)6-20-14(26)8(17)4-10(18)23/h7-9,13H,3-6,17H2,1-2H3,(H2,18,23)(H2,19,24)(H,20,26)(H,21,27)(H,22,25)(H,28,29). The third-order valence-electron chi connectivity index (χ3n) is 4.01. The number of nitrogens with one attached hydrogen (secondary N) is 3. The summed E-state index contributed by atoms with van der Waals surface area (Å²) < 4.78 is 0. The monoisotopic (exact) mass is 416 g/mol. The van der Waals surface area contributed by atoms with Crippen LogP contribution in [-0.2, 0) is 28.8 Å². The Bertz CT molecular complexity index is 654. The van der Waals surface area contributed by atoms with Gasteiger partial charge in [-0.2, -0.15) is 0 Å². The minimum atomic E-state index is -1.55. The number of hydrogen-bond donors (Lipinski definition) is 7. The number of carbonyl (C=O) groups is 6. The van der Waals surface area contributed by atoms with Crippen molar-refractivity contribution in [1.29, 1.82) is 0 Å². The Morgan fingerprint density at radius 3 is 1.93 bits per heavy atom. The lowest BCUT2D eigenvalue weighted by atomic mass is 9.97. The molecular weight excluding hydrogens is 388 g/mol. The maximum Gasteiger partial charge on any atom is 0.326 e. The van der Waals surface area contributed by atoms with Crippen LogP contribution in [0.25, 0.3) is 0 Å². The van der Waals surface area contributed by atoms with Crippen molar-refractivity contribution >= 4 is 35.5 Å². The largest absolute Gasteiger partial charge is 0.480 e. The third kappa shape index (κ3) is 10.0. The van der Waals surface area contributed by atoms with Crippen molar-refractivity contribution in [1.82, 2.24) is 16.0 Å². The molecule has 10 N–H and O–H groups in total. The summed E-state index contributed by atoms with van der Waals surface area (Å²) in [7, 11) is 0. The summed E-state index contributed by atoms with van der Waals surface area (Å²) in [5, 5.41) is 15.8. The first-order valence-corrected chi connectivity index (χ1v) is 8.81. The second-order valence-corrected chi connectivity index (χ2v) is 6.50. The number of carbonyl (C=O) groups excluding carboxylic acids is 5. The van der Waals surface area contributed by atoms with Crippen molar-refractivity contribution < 1.29 is 33.9 Å². The smallest absolute Gasteiger partial charge is 0.326 e. The molecule has 0 aliphatic rings. The summed E-state index contributed by atoms with van der Waals surface area (Å²) in [6, 6.07) is -3.90. The molecule has 0 aromatic heterocycles. The Balaban J connectivity index is 4.97. The van der Waals surface area contributed by atoms with Gasteiger partial charge in [-0.15, -0.1) is 0 Å². The highest BCUT2D eigenvalue weighted by molar-refractivity contribution is 5.94. The summed E-state index contributed by atoms with van der Waals surface area (Å²) >= 11 is 0. The molecular formula is C16H28N6O7. The van der Waals surface area contributed by atoms with E-state index in [0.29, 0.717) is 6.42 Å².